The third-order valence-corrected chi connectivity index (χ3v) is 5.75. The lowest BCUT2D eigenvalue weighted by molar-refractivity contribution is -0.163. The molecule has 150 valence electrons. The Kier molecular flexibility index (Phi) is 3.85. The number of aliphatic hydroxyl groups is 2. The van der Waals surface area contributed by atoms with Crippen LogP contribution in [0.3, 0.4) is 0 Å². The number of aliphatic hydroxyl groups excluding tert-OH is 2. The molecule has 0 amide bonds. The zero-order chi connectivity index (χ0) is 20.2. The van der Waals surface area contributed by atoms with Crippen LogP contribution < -0.4 is 4.84 Å². The second-order valence-electron chi connectivity index (χ2n) is 7.53. The van der Waals surface area contributed by atoms with E-state index >= 15 is 0 Å². The van der Waals surface area contributed by atoms with Gasteiger partial charge in [-0.3, -0.25) is 0 Å². The minimum Gasteiger partial charge on any atom is -0.394 e. The average molecular weight is 402 g/mol. The lowest BCUT2D eigenvalue weighted by atomic mass is 9.92. The molecule has 6 rings (SSSR count). The van der Waals surface area contributed by atoms with E-state index < -0.39 is 18.5 Å². The second-order valence-corrected chi connectivity index (χ2v) is 7.53. The van der Waals surface area contributed by atoms with Crippen molar-refractivity contribution in [3.63, 3.8) is 0 Å². The van der Waals surface area contributed by atoms with Gasteiger partial charge in [0.2, 0.25) is 12.1 Å². The molecule has 0 saturated carbocycles. The summed E-state index contributed by atoms with van der Waals surface area (Å²) in [5.74, 6) is 0.435. The smallest absolute Gasteiger partial charge is 0.231 e. The third-order valence-electron chi connectivity index (χ3n) is 5.75. The van der Waals surface area contributed by atoms with E-state index in [1.54, 1.807) is 0 Å². The molecule has 2 N–H and O–H groups in total. The van der Waals surface area contributed by atoms with Gasteiger partial charge in [0, 0.05) is 16.9 Å². The molecule has 0 spiro atoms. The van der Waals surface area contributed by atoms with Crippen molar-refractivity contribution in [3.8, 4) is 11.4 Å². The predicted molar refractivity (Wildman–Crippen MR) is 110 cm³/mol. The van der Waals surface area contributed by atoms with Gasteiger partial charge in [-0.15, -0.1) is 5.10 Å². The molecule has 4 aromatic carbocycles. The Bertz CT molecular complexity index is 1350. The molecule has 1 fully saturated rings. The molecule has 8 nitrogen and oxygen atoms in total. The topological polar surface area (TPSA) is 103 Å². The van der Waals surface area contributed by atoms with Crippen LogP contribution in [0.1, 0.15) is 6.42 Å². The highest BCUT2D eigenvalue weighted by Gasteiger charge is 2.35. The number of nitrogens with zero attached hydrogens (tertiary/aromatic N) is 4. The van der Waals surface area contributed by atoms with Gasteiger partial charge in [-0.25, -0.2) is 0 Å². The van der Waals surface area contributed by atoms with Crippen molar-refractivity contribution >= 4 is 32.3 Å². The highest BCUT2D eigenvalue weighted by atomic mass is 16.8. The maximum atomic E-state index is 9.84. The zero-order valence-corrected chi connectivity index (χ0v) is 15.8. The van der Waals surface area contributed by atoms with Gasteiger partial charge in [-0.2, -0.15) is 0 Å². The first-order valence-corrected chi connectivity index (χ1v) is 9.80. The zero-order valence-electron chi connectivity index (χ0n) is 15.8. The number of hydrogen-bond acceptors (Lipinski definition) is 7. The van der Waals surface area contributed by atoms with Crippen molar-refractivity contribution in [1.82, 2.24) is 20.4 Å². The number of rotatable bonds is 4. The van der Waals surface area contributed by atoms with Gasteiger partial charge in [0.15, 0.2) is 0 Å². The molecule has 0 unspecified atom stereocenters. The highest BCUT2D eigenvalue weighted by molar-refractivity contribution is 6.25. The van der Waals surface area contributed by atoms with E-state index in [-0.39, 0.29) is 13.0 Å². The largest absolute Gasteiger partial charge is 0.394 e. The van der Waals surface area contributed by atoms with E-state index in [4.69, 9.17) is 9.57 Å². The molecule has 2 heterocycles. The predicted octanol–water partition coefficient (Wildman–Crippen LogP) is 2.13. The fourth-order valence-electron chi connectivity index (χ4n) is 4.31. The van der Waals surface area contributed by atoms with Crippen LogP contribution in [0, 0.1) is 0 Å². The van der Waals surface area contributed by atoms with Crippen molar-refractivity contribution in [2.24, 2.45) is 0 Å². The number of hydrogen-bond donors (Lipinski definition) is 2. The normalized spacial score (nSPS) is 21.9. The minimum atomic E-state index is -0.791. The van der Waals surface area contributed by atoms with E-state index in [2.05, 4.69) is 63.9 Å². The van der Waals surface area contributed by atoms with Crippen LogP contribution in [0.2, 0.25) is 0 Å². The second kappa shape index (κ2) is 6.60. The summed E-state index contributed by atoms with van der Waals surface area (Å²) in [6.45, 7) is -0.278. The highest BCUT2D eigenvalue weighted by Crippen LogP contribution is 2.38. The quantitative estimate of drug-likeness (QED) is 0.444. The fourth-order valence-corrected chi connectivity index (χ4v) is 4.31. The summed E-state index contributed by atoms with van der Waals surface area (Å²) in [5.41, 5.74) is 0.858. The Balaban J connectivity index is 1.40. The Labute approximate surface area is 170 Å². The van der Waals surface area contributed by atoms with E-state index in [0.29, 0.717) is 5.82 Å². The average Bonchev–Trinajstić information content (AvgIpc) is 3.38. The van der Waals surface area contributed by atoms with Crippen LogP contribution in [0.4, 0.5) is 0 Å². The standard InChI is InChI=1S/C22H18N4O4/c27-11-18-17(28)10-19(29-18)30-26-24-22(23-25-26)16-9-7-14-5-4-12-2-1-3-13-6-8-15(16)21(14)20(12)13/h1-9,17-19,27-28H,10-11H2/t17-,18+,19-/m0/s1. The maximum Gasteiger partial charge on any atom is 0.231 e. The molecule has 0 aliphatic carbocycles. The Morgan fingerprint density at radius 2 is 1.73 bits per heavy atom. The third kappa shape index (κ3) is 2.62. The van der Waals surface area contributed by atoms with Crippen molar-refractivity contribution in [2.75, 3.05) is 6.61 Å². The van der Waals surface area contributed by atoms with Crippen LogP contribution in [0.5, 0.6) is 0 Å². The summed E-state index contributed by atoms with van der Waals surface area (Å²) in [4.78, 5) is 6.55. The molecular weight excluding hydrogens is 384 g/mol. The number of aromatic nitrogens is 4. The van der Waals surface area contributed by atoms with Crippen LogP contribution in [-0.4, -0.2) is 55.7 Å². The van der Waals surface area contributed by atoms with Crippen LogP contribution in [0.25, 0.3) is 43.7 Å². The van der Waals surface area contributed by atoms with Crippen molar-refractivity contribution in [2.45, 2.75) is 24.9 Å². The van der Waals surface area contributed by atoms with Gasteiger partial charge in [0.25, 0.3) is 0 Å². The SMILES string of the molecule is OC[C@H]1O[C@@H](On2nnc(-c3ccc4ccc5cccc6ccc3c4c56)n2)C[C@@H]1O. The van der Waals surface area contributed by atoms with E-state index in [0.717, 1.165) is 21.3 Å². The molecular formula is C22H18N4O4. The lowest BCUT2D eigenvalue weighted by Gasteiger charge is -2.12. The molecule has 30 heavy (non-hydrogen) atoms. The summed E-state index contributed by atoms with van der Waals surface area (Å²) in [6.07, 6.45) is -1.99. The Morgan fingerprint density at radius 1 is 1.00 bits per heavy atom. The summed E-state index contributed by atoms with van der Waals surface area (Å²) in [6, 6.07) is 18.8. The van der Waals surface area contributed by atoms with Crippen molar-refractivity contribution < 1.29 is 19.8 Å². The molecule has 1 aromatic heterocycles. The summed E-state index contributed by atoms with van der Waals surface area (Å²) >= 11 is 0. The molecule has 0 bridgehead atoms. The first kappa shape index (κ1) is 17.5. The molecule has 1 aliphatic rings. The molecule has 0 radical (unpaired) electrons. The summed E-state index contributed by atoms with van der Waals surface area (Å²) in [7, 11) is 0. The Morgan fingerprint density at radius 3 is 2.50 bits per heavy atom. The summed E-state index contributed by atoms with van der Waals surface area (Å²) in [5, 5.41) is 38.5. The number of benzene rings is 4. The maximum absolute atomic E-state index is 9.84. The van der Waals surface area contributed by atoms with Crippen LogP contribution >= 0.6 is 0 Å². The van der Waals surface area contributed by atoms with Crippen molar-refractivity contribution in [3.05, 3.63) is 54.6 Å². The first-order valence-electron chi connectivity index (χ1n) is 9.80. The molecule has 1 aliphatic heterocycles. The Hall–Kier alpha value is -3.33. The monoisotopic (exact) mass is 402 g/mol. The van der Waals surface area contributed by atoms with Gasteiger partial charge >= 0.3 is 0 Å². The van der Waals surface area contributed by atoms with Gasteiger partial charge in [0.1, 0.15) is 6.10 Å². The lowest BCUT2D eigenvalue weighted by Crippen LogP contribution is -2.28. The molecule has 8 heteroatoms. The first-order chi connectivity index (χ1) is 14.7. The van der Waals surface area contributed by atoms with Crippen LogP contribution in [-0.2, 0) is 4.74 Å². The molecule has 3 atom stereocenters. The number of ether oxygens (including phenoxy) is 1. The van der Waals surface area contributed by atoms with Gasteiger partial charge in [-0.05, 0) is 43.6 Å². The summed E-state index contributed by atoms with van der Waals surface area (Å²) < 4.78 is 5.44. The minimum absolute atomic E-state index is 0.223. The van der Waals surface area contributed by atoms with Gasteiger partial charge < -0.3 is 19.8 Å². The van der Waals surface area contributed by atoms with E-state index in [9.17, 15) is 10.2 Å². The van der Waals surface area contributed by atoms with Crippen LogP contribution in [0.15, 0.2) is 54.6 Å². The van der Waals surface area contributed by atoms with Gasteiger partial charge in [-0.1, -0.05) is 53.6 Å². The van der Waals surface area contributed by atoms with E-state index in [1.165, 1.54) is 21.5 Å². The molecule has 1 saturated heterocycles. The van der Waals surface area contributed by atoms with Crippen molar-refractivity contribution in [1.29, 1.82) is 0 Å². The molecule has 5 aromatic rings. The van der Waals surface area contributed by atoms with Gasteiger partial charge in [0.05, 0.1) is 12.7 Å². The number of tetrazole rings is 1. The van der Waals surface area contributed by atoms with E-state index in [1.807, 2.05) is 6.07 Å². The fraction of sp³-hybridized carbons (Fsp3) is 0.227.